The Morgan fingerprint density at radius 2 is 2.24 bits per heavy atom. The molecule has 88 valence electrons. The van der Waals surface area contributed by atoms with Crippen LogP contribution in [0.1, 0.15) is 35.7 Å². The molecule has 0 aliphatic heterocycles. The molecule has 1 aliphatic rings. The number of hydrogen-bond acceptors (Lipinski definition) is 2. The third-order valence-electron chi connectivity index (χ3n) is 3.44. The van der Waals surface area contributed by atoms with Crippen LogP contribution in [0.15, 0.2) is 24.4 Å². The molecule has 1 aromatic heterocycles. The van der Waals surface area contributed by atoms with Crippen molar-refractivity contribution < 1.29 is 0 Å². The van der Waals surface area contributed by atoms with Crippen LogP contribution in [0.5, 0.6) is 0 Å². The van der Waals surface area contributed by atoms with Gasteiger partial charge in [-0.2, -0.15) is 0 Å². The third kappa shape index (κ3) is 1.98. The molecule has 0 atom stereocenters. The molecule has 1 aliphatic carbocycles. The van der Waals surface area contributed by atoms with Crippen LogP contribution < -0.4 is 5.73 Å². The van der Waals surface area contributed by atoms with Crippen molar-refractivity contribution in [2.24, 2.45) is 5.73 Å². The molecule has 3 rings (SSSR count). The Hall–Kier alpha value is -1.61. The standard InChI is InChI=1S/C14H17N3/c1-9-2-3-11(6-12(9)7-15)13-8-16-14(17-13)10-4-5-10/h2-3,6,8,10H,4-5,7,15H2,1H3,(H,16,17). The summed E-state index contributed by atoms with van der Waals surface area (Å²) in [6.45, 7) is 2.68. The van der Waals surface area contributed by atoms with Gasteiger partial charge >= 0.3 is 0 Å². The predicted octanol–water partition coefficient (Wildman–Crippen LogP) is 2.72. The zero-order valence-electron chi connectivity index (χ0n) is 10.0. The highest BCUT2D eigenvalue weighted by molar-refractivity contribution is 5.60. The minimum absolute atomic E-state index is 0.587. The summed E-state index contributed by atoms with van der Waals surface area (Å²) in [5.41, 5.74) is 10.5. The maximum Gasteiger partial charge on any atom is 0.109 e. The second-order valence-electron chi connectivity index (χ2n) is 4.80. The maximum absolute atomic E-state index is 5.74. The fraction of sp³-hybridized carbons (Fsp3) is 0.357. The number of imidazole rings is 1. The van der Waals surface area contributed by atoms with Crippen LogP contribution >= 0.6 is 0 Å². The summed E-state index contributed by atoms with van der Waals surface area (Å²) in [4.78, 5) is 7.86. The van der Waals surface area contributed by atoms with Crippen molar-refractivity contribution in [1.29, 1.82) is 0 Å². The van der Waals surface area contributed by atoms with Crippen LogP contribution in [-0.4, -0.2) is 9.97 Å². The van der Waals surface area contributed by atoms with Crippen LogP contribution in [0.2, 0.25) is 0 Å². The molecule has 3 nitrogen and oxygen atoms in total. The first kappa shape index (κ1) is 10.5. The van der Waals surface area contributed by atoms with Gasteiger partial charge in [0, 0.05) is 12.5 Å². The molecule has 0 spiro atoms. The lowest BCUT2D eigenvalue weighted by atomic mass is 10.0. The molecule has 1 saturated carbocycles. The number of hydrogen-bond donors (Lipinski definition) is 2. The number of nitrogens with one attached hydrogen (secondary N) is 1. The van der Waals surface area contributed by atoms with E-state index in [1.807, 2.05) is 6.20 Å². The van der Waals surface area contributed by atoms with Gasteiger partial charge in [-0.1, -0.05) is 12.1 Å². The number of aryl methyl sites for hydroxylation is 1. The fourth-order valence-corrected chi connectivity index (χ4v) is 2.11. The maximum atomic E-state index is 5.74. The Labute approximate surface area is 101 Å². The van der Waals surface area contributed by atoms with Gasteiger partial charge in [-0.15, -0.1) is 0 Å². The largest absolute Gasteiger partial charge is 0.342 e. The van der Waals surface area contributed by atoms with Crippen molar-refractivity contribution in [3.8, 4) is 11.3 Å². The lowest BCUT2D eigenvalue weighted by Crippen LogP contribution is -1.99. The quantitative estimate of drug-likeness (QED) is 0.847. The van der Waals surface area contributed by atoms with E-state index >= 15 is 0 Å². The summed E-state index contributed by atoms with van der Waals surface area (Å²) >= 11 is 0. The summed E-state index contributed by atoms with van der Waals surface area (Å²) in [6, 6.07) is 6.40. The molecule has 0 amide bonds. The van der Waals surface area contributed by atoms with Crippen molar-refractivity contribution in [2.75, 3.05) is 0 Å². The Morgan fingerprint density at radius 3 is 2.94 bits per heavy atom. The second-order valence-corrected chi connectivity index (χ2v) is 4.80. The van der Waals surface area contributed by atoms with Crippen molar-refractivity contribution in [1.82, 2.24) is 9.97 Å². The van der Waals surface area contributed by atoms with Crippen molar-refractivity contribution in [3.05, 3.63) is 41.3 Å². The molecular formula is C14H17N3. The van der Waals surface area contributed by atoms with Crippen LogP contribution in [-0.2, 0) is 6.54 Å². The SMILES string of the molecule is Cc1ccc(-c2cnc(C3CC3)[nH]2)cc1CN. The molecule has 2 aromatic rings. The molecule has 0 unspecified atom stereocenters. The highest BCUT2D eigenvalue weighted by Gasteiger charge is 2.26. The first-order chi connectivity index (χ1) is 8.28. The van der Waals surface area contributed by atoms with Crippen molar-refractivity contribution >= 4 is 0 Å². The molecule has 3 N–H and O–H groups in total. The van der Waals surface area contributed by atoms with Gasteiger partial charge in [0.2, 0.25) is 0 Å². The molecule has 0 bridgehead atoms. The zero-order valence-corrected chi connectivity index (χ0v) is 10.0. The normalized spacial score (nSPS) is 15.2. The summed E-state index contributed by atoms with van der Waals surface area (Å²) in [7, 11) is 0. The molecule has 0 radical (unpaired) electrons. The van der Waals surface area contributed by atoms with Crippen LogP contribution in [0.25, 0.3) is 11.3 Å². The summed E-state index contributed by atoms with van der Waals surface area (Å²) in [5, 5.41) is 0. The molecule has 1 heterocycles. The van der Waals surface area contributed by atoms with Gasteiger partial charge in [-0.25, -0.2) is 4.98 Å². The van der Waals surface area contributed by atoms with E-state index in [-0.39, 0.29) is 0 Å². The number of H-pyrrole nitrogens is 1. The van der Waals surface area contributed by atoms with Crippen molar-refractivity contribution in [3.63, 3.8) is 0 Å². The van der Waals surface area contributed by atoms with E-state index in [0.29, 0.717) is 12.5 Å². The molecule has 1 fully saturated rings. The highest BCUT2D eigenvalue weighted by Crippen LogP contribution is 2.38. The van der Waals surface area contributed by atoms with E-state index in [1.165, 1.54) is 29.5 Å². The summed E-state index contributed by atoms with van der Waals surface area (Å²) in [5.74, 6) is 1.80. The Balaban J connectivity index is 1.96. The first-order valence-corrected chi connectivity index (χ1v) is 6.13. The molecule has 0 saturated heterocycles. The zero-order chi connectivity index (χ0) is 11.8. The Kier molecular flexibility index (Phi) is 2.48. The van der Waals surface area contributed by atoms with E-state index in [9.17, 15) is 0 Å². The highest BCUT2D eigenvalue weighted by atomic mass is 14.9. The van der Waals surface area contributed by atoms with Crippen LogP contribution in [0, 0.1) is 6.92 Å². The van der Waals surface area contributed by atoms with E-state index in [0.717, 1.165) is 11.5 Å². The lowest BCUT2D eigenvalue weighted by Gasteiger charge is -2.05. The predicted molar refractivity (Wildman–Crippen MR) is 68.6 cm³/mol. The third-order valence-corrected chi connectivity index (χ3v) is 3.44. The Bertz CT molecular complexity index is 538. The van der Waals surface area contributed by atoms with Crippen LogP contribution in [0.3, 0.4) is 0 Å². The lowest BCUT2D eigenvalue weighted by molar-refractivity contribution is 0.976. The number of aromatic amines is 1. The smallest absolute Gasteiger partial charge is 0.109 e. The number of nitrogens with two attached hydrogens (primary N) is 1. The fourth-order valence-electron chi connectivity index (χ4n) is 2.11. The number of nitrogens with zero attached hydrogens (tertiary/aromatic N) is 1. The monoisotopic (exact) mass is 227 g/mol. The van der Waals surface area contributed by atoms with Gasteiger partial charge in [-0.3, -0.25) is 0 Å². The van der Waals surface area contributed by atoms with Gasteiger partial charge in [-0.05, 0) is 42.5 Å². The molecule has 17 heavy (non-hydrogen) atoms. The Morgan fingerprint density at radius 1 is 1.41 bits per heavy atom. The van der Waals surface area contributed by atoms with Gasteiger partial charge in [0.25, 0.3) is 0 Å². The minimum Gasteiger partial charge on any atom is -0.342 e. The first-order valence-electron chi connectivity index (χ1n) is 6.13. The average Bonchev–Trinajstić information content (AvgIpc) is 3.08. The number of aromatic nitrogens is 2. The van der Waals surface area contributed by atoms with Crippen molar-refractivity contribution in [2.45, 2.75) is 32.2 Å². The minimum atomic E-state index is 0.587. The van der Waals surface area contributed by atoms with Gasteiger partial charge in [0.15, 0.2) is 0 Å². The van der Waals surface area contributed by atoms with E-state index in [2.05, 4.69) is 35.1 Å². The molecule has 1 aromatic carbocycles. The number of benzene rings is 1. The molecule has 3 heteroatoms. The van der Waals surface area contributed by atoms with Gasteiger partial charge in [0.05, 0.1) is 11.9 Å². The van der Waals surface area contributed by atoms with Gasteiger partial charge < -0.3 is 10.7 Å². The van der Waals surface area contributed by atoms with Crippen LogP contribution in [0.4, 0.5) is 0 Å². The number of rotatable bonds is 3. The summed E-state index contributed by atoms with van der Waals surface area (Å²) < 4.78 is 0. The van der Waals surface area contributed by atoms with E-state index in [1.54, 1.807) is 0 Å². The molecular weight excluding hydrogens is 210 g/mol. The van der Waals surface area contributed by atoms with E-state index < -0.39 is 0 Å². The summed E-state index contributed by atoms with van der Waals surface area (Å²) in [6.07, 6.45) is 4.47. The van der Waals surface area contributed by atoms with Gasteiger partial charge in [0.1, 0.15) is 5.82 Å². The second kappa shape index (κ2) is 4.00. The topological polar surface area (TPSA) is 54.7 Å². The average molecular weight is 227 g/mol. The van der Waals surface area contributed by atoms with E-state index in [4.69, 9.17) is 5.73 Å².